The van der Waals surface area contributed by atoms with Crippen molar-refractivity contribution < 1.29 is 9.90 Å². The Labute approximate surface area is 164 Å². The first-order valence-corrected chi connectivity index (χ1v) is 9.82. The minimum Gasteiger partial charge on any atom is -0.389 e. The van der Waals surface area contributed by atoms with Gasteiger partial charge in [0.05, 0.1) is 17.1 Å². The van der Waals surface area contributed by atoms with Crippen molar-refractivity contribution in [3.8, 4) is 0 Å². The quantitative estimate of drug-likeness (QED) is 0.691. The summed E-state index contributed by atoms with van der Waals surface area (Å²) < 4.78 is 2.17. The van der Waals surface area contributed by atoms with Gasteiger partial charge in [0.1, 0.15) is 0 Å². The second kappa shape index (κ2) is 7.64. The molecule has 0 bridgehead atoms. The van der Waals surface area contributed by atoms with Gasteiger partial charge in [-0.3, -0.25) is 4.79 Å². The number of likely N-dealkylation sites (tertiary alicyclic amines) is 1. The Hall–Kier alpha value is -2.86. The van der Waals surface area contributed by atoms with Crippen molar-refractivity contribution in [1.82, 2.24) is 14.5 Å². The number of rotatable bonds is 6. The van der Waals surface area contributed by atoms with Gasteiger partial charge in [-0.05, 0) is 37.1 Å². The highest BCUT2D eigenvalue weighted by Gasteiger charge is 2.29. The van der Waals surface area contributed by atoms with Crippen molar-refractivity contribution in [2.24, 2.45) is 0 Å². The van der Waals surface area contributed by atoms with Gasteiger partial charge in [0, 0.05) is 31.7 Å². The standard InChI is InChI=1S/C22H26N4O2/c1-3-9-26-20-8-7-17(21(28)25-13-18(27)14-25)11-19(20)24-22(26)23-12-16-6-4-5-15(2)10-16/h4-8,10-11,18,27H,3,9,12-14H2,1-2H3,(H,23,24). The van der Waals surface area contributed by atoms with E-state index >= 15 is 0 Å². The first-order valence-electron chi connectivity index (χ1n) is 9.82. The molecule has 0 aliphatic carbocycles. The van der Waals surface area contributed by atoms with Gasteiger partial charge in [0.15, 0.2) is 0 Å². The summed E-state index contributed by atoms with van der Waals surface area (Å²) >= 11 is 0. The molecule has 0 spiro atoms. The molecule has 0 unspecified atom stereocenters. The number of carbonyl (C=O) groups is 1. The predicted molar refractivity (Wildman–Crippen MR) is 110 cm³/mol. The number of fused-ring (bicyclic) bond motifs is 1. The number of nitrogens with zero attached hydrogens (tertiary/aromatic N) is 3. The molecule has 1 aliphatic rings. The Morgan fingerprint density at radius 2 is 2.07 bits per heavy atom. The van der Waals surface area contributed by atoms with Gasteiger partial charge in [-0.2, -0.15) is 0 Å². The van der Waals surface area contributed by atoms with E-state index in [9.17, 15) is 9.90 Å². The molecule has 1 amide bonds. The van der Waals surface area contributed by atoms with Gasteiger partial charge in [-0.25, -0.2) is 4.98 Å². The molecule has 1 saturated heterocycles. The molecule has 0 atom stereocenters. The molecule has 1 fully saturated rings. The number of benzene rings is 2. The van der Waals surface area contributed by atoms with E-state index in [4.69, 9.17) is 4.98 Å². The Balaban J connectivity index is 1.60. The largest absolute Gasteiger partial charge is 0.389 e. The summed E-state index contributed by atoms with van der Waals surface area (Å²) in [6.45, 7) is 6.61. The van der Waals surface area contributed by atoms with Crippen LogP contribution in [-0.2, 0) is 13.1 Å². The Kier molecular flexibility index (Phi) is 5.05. The fraction of sp³-hybridized carbons (Fsp3) is 0.364. The van der Waals surface area contributed by atoms with Crippen LogP contribution < -0.4 is 5.32 Å². The zero-order valence-electron chi connectivity index (χ0n) is 16.4. The molecular formula is C22H26N4O2. The van der Waals surface area contributed by atoms with E-state index in [0.29, 0.717) is 25.2 Å². The van der Waals surface area contributed by atoms with E-state index in [1.807, 2.05) is 18.2 Å². The monoisotopic (exact) mass is 378 g/mol. The number of anilines is 1. The number of β-amino-alcohol motifs (C(OH)–C–C–N with tert-alkyl or cyclic N) is 1. The third kappa shape index (κ3) is 3.60. The third-order valence-corrected chi connectivity index (χ3v) is 5.12. The van der Waals surface area contributed by atoms with Crippen LogP contribution in [0, 0.1) is 6.92 Å². The molecule has 1 aromatic heterocycles. The van der Waals surface area contributed by atoms with E-state index in [1.165, 1.54) is 11.1 Å². The number of imidazole rings is 1. The summed E-state index contributed by atoms with van der Waals surface area (Å²) in [5, 5.41) is 12.9. The molecule has 146 valence electrons. The maximum atomic E-state index is 12.5. The van der Waals surface area contributed by atoms with Gasteiger partial charge < -0.3 is 19.9 Å². The Morgan fingerprint density at radius 1 is 1.25 bits per heavy atom. The third-order valence-electron chi connectivity index (χ3n) is 5.12. The maximum Gasteiger partial charge on any atom is 0.254 e. The molecule has 6 nitrogen and oxygen atoms in total. The summed E-state index contributed by atoms with van der Waals surface area (Å²) in [7, 11) is 0. The molecule has 0 saturated carbocycles. The van der Waals surface area contributed by atoms with Crippen LogP contribution in [0.2, 0.25) is 0 Å². The summed E-state index contributed by atoms with van der Waals surface area (Å²) in [6, 6.07) is 14.1. The zero-order valence-corrected chi connectivity index (χ0v) is 16.4. The molecule has 0 radical (unpaired) electrons. The summed E-state index contributed by atoms with van der Waals surface area (Å²) in [5.74, 6) is 0.772. The molecule has 28 heavy (non-hydrogen) atoms. The van der Waals surface area contributed by atoms with Crippen LogP contribution in [0.4, 0.5) is 5.95 Å². The second-order valence-electron chi connectivity index (χ2n) is 7.50. The summed E-state index contributed by atoms with van der Waals surface area (Å²) in [5.41, 5.74) is 4.90. The minimum atomic E-state index is -0.395. The molecule has 2 N–H and O–H groups in total. The van der Waals surface area contributed by atoms with Crippen LogP contribution in [-0.4, -0.2) is 44.7 Å². The zero-order chi connectivity index (χ0) is 19.7. The van der Waals surface area contributed by atoms with Crippen LogP contribution in [0.1, 0.15) is 34.8 Å². The number of aryl methyl sites for hydroxylation is 2. The smallest absolute Gasteiger partial charge is 0.254 e. The van der Waals surface area contributed by atoms with Gasteiger partial charge in [-0.15, -0.1) is 0 Å². The number of hydrogen-bond donors (Lipinski definition) is 2. The molecule has 2 heterocycles. The summed E-state index contributed by atoms with van der Waals surface area (Å²) in [4.78, 5) is 19.0. The molecular weight excluding hydrogens is 352 g/mol. The molecule has 6 heteroatoms. The molecule has 4 rings (SSSR count). The lowest BCUT2D eigenvalue weighted by Crippen LogP contribution is -2.53. The van der Waals surface area contributed by atoms with Crippen molar-refractivity contribution in [2.75, 3.05) is 18.4 Å². The van der Waals surface area contributed by atoms with Crippen LogP contribution in [0.15, 0.2) is 42.5 Å². The van der Waals surface area contributed by atoms with Crippen molar-refractivity contribution in [2.45, 2.75) is 39.5 Å². The van der Waals surface area contributed by atoms with E-state index in [-0.39, 0.29) is 5.91 Å². The topological polar surface area (TPSA) is 70.4 Å². The van der Waals surface area contributed by atoms with Gasteiger partial charge >= 0.3 is 0 Å². The van der Waals surface area contributed by atoms with E-state index < -0.39 is 6.10 Å². The highest BCUT2D eigenvalue weighted by Crippen LogP contribution is 2.24. The fourth-order valence-electron chi connectivity index (χ4n) is 3.65. The first-order chi connectivity index (χ1) is 13.5. The lowest BCUT2D eigenvalue weighted by atomic mass is 10.1. The number of amides is 1. The lowest BCUT2D eigenvalue weighted by molar-refractivity contribution is 0.00590. The highest BCUT2D eigenvalue weighted by atomic mass is 16.3. The van der Waals surface area contributed by atoms with Gasteiger partial charge in [-0.1, -0.05) is 36.8 Å². The van der Waals surface area contributed by atoms with Crippen LogP contribution in [0.5, 0.6) is 0 Å². The molecule has 1 aliphatic heterocycles. The average Bonchev–Trinajstić information content (AvgIpc) is 3.00. The number of aliphatic hydroxyl groups is 1. The number of aromatic nitrogens is 2. The molecule has 3 aromatic rings. The van der Waals surface area contributed by atoms with Crippen molar-refractivity contribution in [3.05, 3.63) is 59.2 Å². The molecule has 2 aromatic carbocycles. The normalized spacial score (nSPS) is 14.3. The van der Waals surface area contributed by atoms with E-state index in [0.717, 1.165) is 29.9 Å². The van der Waals surface area contributed by atoms with Crippen molar-refractivity contribution in [3.63, 3.8) is 0 Å². The Morgan fingerprint density at radius 3 is 2.79 bits per heavy atom. The average molecular weight is 378 g/mol. The second-order valence-corrected chi connectivity index (χ2v) is 7.50. The lowest BCUT2D eigenvalue weighted by Gasteiger charge is -2.35. The van der Waals surface area contributed by atoms with Crippen molar-refractivity contribution >= 4 is 22.9 Å². The summed E-state index contributed by atoms with van der Waals surface area (Å²) in [6.07, 6.45) is 0.602. The van der Waals surface area contributed by atoms with Gasteiger partial charge in [0.2, 0.25) is 5.95 Å². The highest BCUT2D eigenvalue weighted by molar-refractivity contribution is 5.98. The van der Waals surface area contributed by atoms with Gasteiger partial charge in [0.25, 0.3) is 5.91 Å². The predicted octanol–water partition coefficient (Wildman–Crippen LogP) is 3.18. The van der Waals surface area contributed by atoms with Crippen molar-refractivity contribution in [1.29, 1.82) is 0 Å². The SMILES string of the molecule is CCCn1c(NCc2cccc(C)c2)nc2cc(C(=O)N3CC(O)C3)ccc21. The Bertz CT molecular complexity index is 1000. The van der Waals surface area contributed by atoms with Crippen LogP contribution in [0.25, 0.3) is 11.0 Å². The number of carbonyl (C=O) groups excluding carboxylic acids is 1. The van der Waals surface area contributed by atoms with Crippen LogP contribution in [0.3, 0.4) is 0 Å². The number of nitrogens with one attached hydrogen (secondary N) is 1. The van der Waals surface area contributed by atoms with E-state index in [2.05, 4.69) is 48.0 Å². The maximum absolute atomic E-state index is 12.5. The van der Waals surface area contributed by atoms with E-state index in [1.54, 1.807) is 4.90 Å². The number of hydrogen-bond acceptors (Lipinski definition) is 4. The minimum absolute atomic E-state index is 0.0495. The number of aliphatic hydroxyl groups excluding tert-OH is 1. The van der Waals surface area contributed by atoms with Crippen LogP contribution >= 0.6 is 0 Å². The first kappa shape index (κ1) is 18.5. The fourth-order valence-corrected chi connectivity index (χ4v) is 3.65.